The maximum atomic E-state index is 3.44. The van der Waals surface area contributed by atoms with Crippen LogP contribution < -0.4 is 0 Å². The zero-order valence-corrected chi connectivity index (χ0v) is 16.0. The van der Waals surface area contributed by atoms with Gasteiger partial charge in [-0.25, -0.2) is 0 Å². The van der Waals surface area contributed by atoms with Crippen molar-refractivity contribution in [1.29, 1.82) is 0 Å². The summed E-state index contributed by atoms with van der Waals surface area (Å²) in [6, 6.07) is 15.9. The zero-order chi connectivity index (χ0) is 17.0. The molecule has 2 heteroatoms. The number of halogens is 2. The van der Waals surface area contributed by atoms with Crippen LogP contribution in [0.4, 0.5) is 0 Å². The average molecular weight is 436 g/mol. The van der Waals surface area contributed by atoms with Gasteiger partial charge in [0.2, 0.25) is 0 Å². The average Bonchev–Trinajstić information content (AvgIpc) is 2.64. The highest BCUT2D eigenvalue weighted by atomic mass is 79.9. The first-order valence-corrected chi connectivity index (χ1v) is 9.39. The molecule has 0 aliphatic heterocycles. The largest absolute Gasteiger partial charge is 0.0876 e. The summed E-state index contributed by atoms with van der Waals surface area (Å²) in [7, 11) is 0. The molecular weight excluding hydrogens is 424 g/mol. The summed E-state index contributed by atoms with van der Waals surface area (Å²) < 4.78 is 0. The van der Waals surface area contributed by atoms with Gasteiger partial charge in [0, 0.05) is 21.8 Å². The Labute approximate surface area is 160 Å². The lowest BCUT2D eigenvalue weighted by Gasteiger charge is -1.97. The molecule has 2 aromatic rings. The van der Waals surface area contributed by atoms with E-state index >= 15 is 0 Å². The van der Waals surface area contributed by atoms with Gasteiger partial charge in [0.05, 0.1) is 0 Å². The minimum atomic E-state index is 0.774. The molecule has 2 rings (SSSR count). The van der Waals surface area contributed by atoms with Crippen LogP contribution in [-0.2, 0) is 10.7 Å². The van der Waals surface area contributed by atoms with E-state index < -0.39 is 0 Å². The number of alkyl halides is 2. The molecule has 0 saturated heterocycles. The fourth-order valence-corrected chi connectivity index (χ4v) is 2.82. The van der Waals surface area contributed by atoms with E-state index in [1.165, 1.54) is 0 Å². The monoisotopic (exact) mass is 434 g/mol. The first kappa shape index (κ1) is 18.0. The Morgan fingerprint density at radius 3 is 1.33 bits per heavy atom. The van der Waals surface area contributed by atoms with Crippen molar-refractivity contribution < 1.29 is 0 Å². The highest BCUT2D eigenvalue weighted by Gasteiger charge is 1.95. The molecule has 0 radical (unpaired) electrons. The van der Waals surface area contributed by atoms with E-state index in [2.05, 4.69) is 79.2 Å². The molecule has 0 unspecified atom stereocenters. The summed E-state index contributed by atoms with van der Waals surface area (Å²) in [5, 5.41) is 1.55. The van der Waals surface area contributed by atoms with Crippen LogP contribution in [0, 0.1) is 47.4 Å². The van der Waals surface area contributed by atoms with Crippen molar-refractivity contribution in [1.82, 2.24) is 0 Å². The van der Waals surface area contributed by atoms with Crippen LogP contribution in [0.1, 0.15) is 22.3 Å². The van der Waals surface area contributed by atoms with Crippen molar-refractivity contribution in [3.8, 4) is 47.4 Å². The molecule has 0 amide bonds. The summed E-state index contributed by atoms with van der Waals surface area (Å²) in [6.45, 7) is 0. The third-order valence-corrected chi connectivity index (χ3v) is 4.24. The van der Waals surface area contributed by atoms with Gasteiger partial charge in [-0.05, 0) is 58.8 Å². The van der Waals surface area contributed by atoms with Gasteiger partial charge >= 0.3 is 0 Å². The van der Waals surface area contributed by atoms with Gasteiger partial charge in [-0.1, -0.05) is 80.1 Å². The predicted molar refractivity (Wildman–Crippen MR) is 107 cm³/mol. The standard InChI is InChI=1S/C22H12Br2/c23-17-21-15-9-7-13-19(21)11-5-3-1-2-4-6-12-20-14-8-10-16-22(20)18-24/h7-10,13-16H,17-18H2. The normalized spacial score (nSPS) is 8.25. The van der Waals surface area contributed by atoms with E-state index in [0.717, 1.165) is 32.9 Å². The lowest BCUT2D eigenvalue weighted by atomic mass is 10.1. The van der Waals surface area contributed by atoms with Gasteiger partial charge < -0.3 is 0 Å². The second-order valence-electron chi connectivity index (χ2n) is 4.58. The Kier molecular flexibility index (Phi) is 7.81. The molecule has 0 N–H and O–H groups in total. The van der Waals surface area contributed by atoms with Gasteiger partial charge in [0.1, 0.15) is 0 Å². The molecule has 0 atom stereocenters. The molecule has 0 heterocycles. The van der Waals surface area contributed by atoms with Crippen LogP contribution in [0.25, 0.3) is 0 Å². The third-order valence-electron chi connectivity index (χ3n) is 3.03. The van der Waals surface area contributed by atoms with E-state index in [-0.39, 0.29) is 0 Å². The van der Waals surface area contributed by atoms with Crippen LogP contribution in [-0.4, -0.2) is 0 Å². The summed E-state index contributed by atoms with van der Waals surface area (Å²) in [6.07, 6.45) is 0. The van der Waals surface area contributed by atoms with Crippen molar-refractivity contribution >= 4 is 31.9 Å². The van der Waals surface area contributed by atoms with E-state index in [1.807, 2.05) is 48.5 Å². The molecule has 0 spiro atoms. The van der Waals surface area contributed by atoms with Crippen LogP contribution in [0.3, 0.4) is 0 Å². The van der Waals surface area contributed by atoms with E-state index in [0.29, 0.717) is 0 Å². The maximum Gasteiger partial charge on any atom is 0.0296 e. The molecule has 0 aliphatic rings. The van der Waals surface area contributed by atoms with Crippen molar-refractivity contribution in [2.75, 3.05) is 0 Å². The highest BCUT2D eigenvalue weighted by molar-refractivity contribution is 9.08. The van der Waals surface area contributed by atoms with Gasteiger partial charge in [-0.2, -0.15) is 0 Å². The first-order valence-electron chi connectivity index (χ1n) is 7.15. The summed E-state index contributed by atoms with van der Waals surface area (Å²) in [5.74, 6) is 22.6. The second-order valence-corrected chi connectivity index (χ2v) is 5.70. The molecule has 0 bridgehead atoms. The van der Waals surface area contributed by atoms with E-state index in [9.17, 15) is 0 Å². The number of hydrogen-bond acceptors (Lipinski definition) is 0. The fourth-order valence-electron chi connectivity index (χ4n) is 1.84. The third kappa shape index (κ3) is 5.69. The Bertz CT molecular complexity index is 874. The van der Waals surface area contributed by atoms with Crippen LogP contribution in [0.2, 0.25) is 0 Å². The Morgan fingerprint density at radius 2 is 0.917 bits per heavy atom. The minimum Gasteiger partial charge on any atom is -0.0876 e. The molecule has 24 heavy (non-hydrogen) atoms. The molecule has 0 aliphatic carbocycles. The van der Waals surface area contributed by atoms with Gasteiger partial charge in [-0.3, -0.25) is 0 Å². The Hall–Kier alpha value is -2.36. The number of hydrogen-bond donors (Lipinski definition) is 0. The summed E-state index contributed by atoms with van der Waals surface area (Å²) >= 11 is 6.89. The summed E-state index contributed by atoms with van der Waals surface area (Å²) in [5.41, 5.74) is 4.24. The van der Waals surface area contributed by atoms with Gasteiger partial charge in [0.25, 0.3) is 0 Å². The van der Waals surface area contributed by atoms with E-state index in [4.69, 9.17) is 0 Å². The molecule has 0 fully saturated rings. The summed E-state index contributed by atoms with van der Waals surface area (Å²) in [4.78, 5) is 0. The number of benzene rings is 2. The molecule has 114 valence electrons. The lowest BCUT2D eigenvalue weighted by molar-refractivity contribution is 1.41. The van der Waals surface area contributed by atoms with Gasteiger partial charge in [0.15, 0.2) is 0 Å². The Morgan fingerprint density at radius 1 is 0.542 bits per heavy atom. The number of rotatable bonds is 2. The van der Waals surface area contributed by atoms with Crippen molar-refractivity contribution in [3.05, 3.63) is 70.8 Å². The van der Waals surface area contributed by atoms with E-state index in [1.54, 1.807) is 0 Å². The molecule has 0 aromatic heterocycles. The zero-order valence-electron chi connectivity index (χ0n) is 12.8. The van der Waals surface area contributed by atoms with Crippen LogP contribution in [0.15, 0.2) is 48.5 Å². The maximum absolute atomic E-state index is 3.44. The first-order chi connectivity index (χ1) is 11.8. The minimum absolute atomic E-state index is 0.774. The molecular formula is C22H12Br2. The Balaban J connectivity index is 2.03. The van der Waals surface area contributed by atoms with Crippen LogP contribution in [0.5, 0.6) is 0 Å². The van der Waals surface area contributed by atoms with Crippen molar-refractivity contribution in [2.45, 2.75) is 10.7 Å². The SMILES string of the molecule is BrCc1ccccc1C#CC#CC#CC#Cc1ccccc1CBr. The quantitative estimate of drug-likeness (QED) is 0.465. The predicted octanol–water partition coefficient (Wildman–Crippen LogP) is 4.89. The van der Waals surface area contributed by atoms with Crippen molar-refractivity contribution in [3.63, 3.8) is 0 Å². The molecule has 2 aromatic carbocycles. The van der Waals surface area contributed by atoms with Crippen LogP contribution >= 0.6 is 31.9 Å². The lowest BCUT2D eigenvalue weighted by Crippen LogP contribution is -1.83. The second kappa shape index (κ2) is 10.4. The molecule has 0 nitrogen and oxygen atoms in total. The fraction of sp³-hybridized carbons (Fsp3) is 0.0909. The highest BCUT2D eigenvalue weighted by Crippen LogP contribution is 2.11. The topological polar surface area (TPSA) is 0 Å². The van der Waals surface area contributed by atoms with Gasteiger partial charge in [-0.15, -0.1) is 0 Å². The molecule has 0 saturated carbocycles. The smallest absolute Gasteiger partial charge is 0.0296 e. The van der Waals surface area contributed by atoms with Crippen molar-refractivity contribution in [2.24, 2.45) is 0 Å².